The lowest BCUT2D eigenvalue weighted by Crippen LogP contribution is -2.24. The Bertz CT molecular complexity index is 684. The van der Waals surface area contributed by atoms with E-state index < -0.39 is 5.91 Å². The highest BCUT2D eigenvalue weighted by molar-refractivity contribution is 6.03. The lowest BCUT2D eigenvalue weighted by molar-refractivity contribution is -0.114. The third-order valence-electron chi connectivity index (χ3n) is 3.09. The molecule has 4 N–H and O–H groups in total. The number of anilines is 2. The molecule has 0 heterocycles. The van der Waals surface area contributed by atoms with Crippen LogP contribution in [0.1, 0.15) is 17.3 Å². The van der Waals surface area contributed by atoms with Crippen molar-refractivity contribution in [3.05, 3.63) is 54.1 Å². The molecule has 2 aromatic rings. The molecular weight excluding hydrogens is 294 g/mol. The second-order valence-corrected chi connectivity index (χ2v) is 4.77. The molecule has 0 spiro atoms. The first-order valence-corrected chi connectivity index (χ1v) is 7.25. The minimum Gasteiger partial charge on any atom is -0.494 e. The van der Waals surface area contributed by atoms with Gasteiger partial charge in [-0.3, -0.25) is 9.59 Å². The van der Waals surface area contributed by atoms with E-state index in [0.29, 0.717) is 12.3 Å². The van der Waals surface area contributed by atoms with Gasteiger partial charge in [0.15, 0.2) is 0 Å². The predicted molar refractivity (Wildman–Crippen MR) is 89.7 cm³/mol. The molecule has 23 heavy (non-hydrogen) atoms. The van der Waals surface area contributed by atoms with Gasteiger partial charge < -0.3 is 21.1 Å². The standard InChI is InChI=1S/C17H19N3O3/c1-2-23-13-9-7-12(8-10-13)19-11-16(21)20-15-6-4-3-5-14(15)17(18)22/h3-10,19H,2,11H2,1H3,(H2,18,22)(H,20,21). The Hall–Kier alpha value is -3.02. The first-order valence-electron chi connectivity index (χ1n) is 7.25. The average Bonchev–Trinajstić information content (AvgIpc) is 2.55. The van der Waals surface area contributed by atoms with Crippen molar-refractivity contribution in [3.63, 3.8) is 0 Å². The third-order valence-corrected chi connectivity index (χ3v) is 3.09. The number of rotatable bonds is 7. The van der Waals surface area contributed by atoms with E-state index in [1.165, 1.54) is 0 Å². The normalized spacial score (nSPS) is 9.96. The summed E-state index contributed by atoms with van der Waals surface area (Å²) < 4.78 is 5.35. The van der Waals surface area contributed by atoms with Crippen LogP contribution in [-0.4, -0.2) is 25.0 Å². The summed E-state index contributed by atoms with van der Waals surface area (Å²) in [5.41, 5.74) is 6.76. The molecule has 0 unspecified atom stereocenters. The van der Waals surface area contributed by atoms with Crippen LogP contribution in [-0.2, 0) is 4.79 Å². The average molecular weight is 313 g/mol. The number of hydrogen-bond donors (Lipinski definition) is 3. The van der Waals surface area contributed by atoms with Crippen LogP contribution in [0.5, 0.6) is 5.75 Å². The van der Waals surface area contributed by atoms with Gasteiger partial charge in [0.1, 0.15) is 5.75 Å². The number of ether oxygens (including phenoxy) is 1. The first-order chi connectivity index (χ1) is 11.1. The zero-order valence-corrected chi connectivity index (χ0v) is 12.8. The van der Waals surface area contributed by atoms with E-state index in [0.717, 1.165) is 11.4 Å². The van der Waals surface area contributed by atoms with Crippen LogP contribution in [0.25, 0.3) is 0 Å². The molecule has 120 valence electrons. The molecule has 0 fully saturated rings. The fourth-order valence-corrected chi connectivity index (χ4v) is 2.02. The van der Waals surface area contributed by atoms with Crippen molar-refractivity contribution in [2.75, 3.05) is 23.8 Å². The fourth-order valence-electron chi connectivity index (χ4n) is 2.02. The van der Waals surface area contributed by atoms with Gasteiger partial charge in [-0.25, -0.2) is 0 Å². The maximum atomic E-state index is 12.0. The molecule has 0 bridgehead atoms. The summed E-state index contributed by atoms with van der Waals surface area (Å²) >= 11 is 0. The van der Waals surface area contributed by atoms with E-state index in [2.05, 4.69) is 10.6 Å². The third kappa shape index (κ3) is 4.74. The summed E-state index contributed by atoms with van der Waals surface area (Å²) in [4.78, 5) is 23.3. The molecule has 0 radical (unpaired) electrons. The lowest BCUT2D eigenvalue weighted by Gasteiger charge is -2.10. The highest BCUT2D eigenvalue weighted by atomic mass is 16.5. The number of nitrogens with one attached hydrogen (secondary N) is 2. The van der Waals surface area contributed by atoms with Crippen molar-refractivity contribution in [1.29, 1.82) is 0 Å². The molecule has 0 aliphatic heterocycles. The van der Waals surface area contributed by atoms with Crippen molar-refractivity contribution >= 4 is 23.2 Å². The Balaban J connectivity index is 1.91. The van der Waals surface area contributed by atoms with E-state index in [4.69, 9.17) is 10.5 Å². The molecule has 6 heteroatoms. The minimum absolute atomic E-state index is 0.0705. The van der Waals surface area contributed by atoms with Crippen molar-refractivity contribution in [2.45, 2.75) is 6.92 Å². The van der Waals surface area contributed by atoms with Gasteiger partial charge in [-0.1, -0.05) is 12.1 Å². The smallest absolute Gasteiger partial charge is 0.250 e. The Morgan fingerprint density at radius 1 is 1.09 bits per heavy atom. The highest BCUT2D eigenvalue weighted by Gasteiger charge is 2.10. The van der Waals surface area contributed by atoms with Crippen LogP contribution < -0.4 is 21.1 Å². The van der Waals surface area contributed by atoms with E-state index in [9.17, 15) is 9.59 Å². The second kappa shape index (κ2) is 7.84. The Kier molecular flexibility index (Phi) is 5.57. The number of carbonyl (C=O) groups excluding carboxylic acids is 2. The fraction of sp³-hybridized carbons (Fsp3) is 0.176. The van der Waals surface area contributed by atoms with Crippen molar-refractivity contribution in [1.82, 2.24) is 0 Å². The van der Waals surface area contributed by atoms with Gasteiger partial charge >= 0.3 is 0 Å². The molecule has 2 aromatic carbocycles. The summed E-state index contributed by atoms with van der Waals surface area (Å²) in [6.45, 7) is 2.59. The van der Waals surface area contributed by atoms with E-state index in [1.54, 1.807) is 24.3 Å². The van der Waals surface area contributed by atoms with Crippen LogP contribution >= 0.6 is 0 Å². The number of hydrogen-bond acceptors (Lipinski definition) is 4. The second-order valence-electron chi connectivity index (χ2n) is 4.77. The molecule has 2 amide bonds. The number of primary amides is 1. The minimum atomic E-state index is -0.583. The van der Waals surface area contributed by atoms with Gasteiger partial charge in [-0.15, -0.1) is 0 Å². The molecule has 0 atom stereocenters. The van der Waals surface area contributed by atoms with Gasteiger partial charge in [0.25, 0.3) is 5.91 Å². The van der Waals surface area contributed by atoms with Crippen molar-refractivity contribution in [3.8, 4) is 5.75 Å². The van der Waals surface area contributed by atoms with Gasteiger partial charge in [-0.05, 0) is 43.3 Å². The number of amides is 2. The molecule has 0 aliphatic rings. The summed E-state index contributed by atoms with van der Waals surface area (Å²) in [5.74, 6) is -0.0779. The summed E-state index contributed by atoms with van der Waals surface area (Å²) in [5, 5.41) is 5.67. The van der Waals surface area contributed by atoms with Gasteiger partial charge in [-0.2, -0.15) is 0 Å². The summed E-state index contributed by atoms with van der Waals surface area (Å²) in [6.07, 6.45) is 0. The van der Waals surface area contributed by atoms with Crippen molar-refractivity contribution < 1.29 is 14.3 Å². The SMILES string of the molecule is CCOc1ccc(NCC(=O)Nc2ccccc2C(N)=O)cc1. The van der Waals surface area contributed by atoms with E-state index in [1.807, 2.05) is 31.2 Å². The maximum absolute atomic E-state index is 12.0. The Morgan fingerprint density at radius 3 is 2.43 bits per heavy atom. The molecular formula is C17H19N3O3. The number of nitrogens with two attached hydrogens (primary N) is 1. The molecule has 0 saturated carbocycles. The van der Waals surface area contributed by atoms with Gasteiger partial charge in [0, 0.05) is 5.69 Å². The lowest BCUT2D eigenvalue weighted by atomic mass is 10.1. The quantitative estimate of drug-likeness (QED) is 0.730. The molecule has 2 rings (SSSR count). The van der Waals surface area contributed by atoms with E-state index in [-0.39, 0.29) is 18.0 Å². The molecule has 6 nitrogen and oxygen atoms in total. The number of para-hydroxylation sites is 1. The molecule has 0 aromatic heterocycles. The Morgan fingerprint density at radius 2 is 1.78 bits per heavy atom. The Labute approximate surface area is 134 Å². The zero-order valence-electron chi connectivity index (χ0n) is 12.8. The number of benzene rings is 2. The predicted octanol–water partition coefficient (Wildman–Crippen LogP) is 2.23. The topological polar surface area (TPSA) is 93.4 Å². The zero-order chi connectivity index (χ0) is 16.7. The van der Waals surface area contributed by atoms with Crippen LogP contribution in [0, 0.1) is 0 Å². The van der Waals surface area contributed by atoms with Crippen LogP contribution in [0.4, 0.5) is 11.4 Å². The van der Waals surface area contributed by atoms with E-state index >= 15 is 0 Å². The van der Waals surface area contributed by atoms with Gasteiger partial charge in [0.2, 0.25) is 5.91 Å². The molecule has 0 saturated heterocycles. The first kappa shape index (κ1) is 16.4. The van der Waals surface area contributed by atoms with Crippen LogP contribution in [0.15, 0.2) is 48.5 Å². The monoisotopic (exact) mass is 313 g/mol. The van der Waals surface area contributed by atoms with Crippen LogP contribution in [0.2, 0.25) is 0 Å². The maximum Gasteiger partial charge on any atom is 0.250 e. The molecule has 0 aliphatic carbocycles. The largest absolute Gasteiger partial charge is 0.494 e. The summed E-state index contributed by atoms with van der Waals surface area (Å²) in [7, 11) is 0. The number of carbonyl (C=O) groups is 2. The van der Waals surface area contributed by atoms with Crippen molar-refractivity contribution in [2.24, 2.45) is 5.73 Å². The van der Waals surface area contributed by atoms with Gasteiger partial charge in [0.05, 0.1) is 24.4 Å². The highest BCUT2D eigenvalue weighted by Crippen LogP contribution is 2.16. The van der Waals surface area contributed by atoms with Crippen LogP contribution in [0.3, 0.4) is 0 Å². The summed E-state index contributed by atoms with van der Waals surface area (Å²) in [6, 6.07) is 13.9.